The second-order valence-electron chi connectivity index (χ2n) is 4.74. The van der Waals surface area contributed by atoms with E-state index in [1.54, 1.807) is 0 Å². The van der Waals surface area contributed by atoms with Crippen molar-refractivity contribution in [3.05, 3.63) is 0 Å². The van der Waals surface area contributed by atoms with Crippen LogP contribution in [0, 0.1) is 5.41 Å². The minimum atomic E-state index is -0.396. The van der Waals surface area contributed by atoms with Crippen LogP contribution in [0.25, 0.3) is 0 Å². The van der Waals surface area contributed by atoms with E-state index in [0.29, 0.717) is 19.4 Å². The molecule has 1 rings (SSSR count). The van der Waals surface area contributed by atoms with E-state index in [-0.39, 0.29) is 23.8 Å². The first-order chi connectivity index (χ1) is 8.06. The van der Waals surface area contributed by atoms with Crippen LogP contribution in [0.4, 0.5) is 0 Å². The highest BCUT2D eigenvalue weighted by Gasteiger charge is 2.30. The highest BCUT2D eigenvalue weighted by Crippen LogP contribution is 2.24. The Morgan fingerprint density at radius 2 is 2.18 bits per heavy atom. The Morgan fingerprint density at radius 1 is 1.53 bits per heavy atom. The van der Waals surface area contributed by atoms with Crippen LogP contribution in [0.3, 0.4) is 0 Å². The van der Waals surface area contributed by atoms with Crippen LogP contribution in [-0.4, -0.2) is 36.1 Å². The molecule has 0 aliphatic carbocycles. The zero-order valence-electron chi connectivity index (χ0n) is 10.6. The van der Waals surface area contributed by atoms with E-state index in [1.165, 1.54) is 0 Å². The van der Waals surface area contributed by atoms with Gasteiger partial charge in [0.15, 0.2) is 0 Å². The zero-order valence-corrected chi connectivity index (χ0v) is 10.6. The van der Waals surface area contributed by atoms with Crippen LogP contribution in [0.5, 0.6) is 0 Å². The molecule has 0 saturated carbocycles. The monoisotopic (exact) mass is 242 g/mol. The lowest BCUT2D eigenvalue weighted by molar-refractivity contribution is -0.126. The summed E-state index contributed by atoms with van der Waals surface area (Å²) in [6.07, 6.45) is 2.62. The van der Waals surface area contributed by atoms with Crippen LogP contribution in [0.15, 0.2) is 0 Å². The molecule has 2 amide bonds. The highest BCUT2D eigenvalue weighted by molar-refractivity contribution is 5.90. The van der Waals surface area contributed by atoms with Crippen LogP contribution in [0.1, 0.15) is 39.5 Å². The predicted octanol–water partition coefficient (Wildman–Crippen LogP) is 0.180. The lowest BCUT2D eigenvalue weighted by Crippen LogP contribution is -2.46. The van der Waals surface area contributed by atoms with Gasteiger partial charge in [-0.3, -0.25) is 9.59 Å². The lowest BCUT2D eigenvalue weighted by atomic mass is 9.83. The Hall–Kier alpha value is -1.10. The van der Waals surface area contributed by atoms with E-state index in [9.17, 15) is 14.7 Å². The largest absolute Gasteiger partial charge is 0.396 e. The smallest absolute Gasteiger partial charge is 0.242 e. The van der Waals surface area contributed by atoms with Crippen LogP contribution in [-0.2, 0) is 9.59 Å². The second kappa shape index (κ2) is 6.00. The van der Waals surface area contributed by atoms with Crippen molar-refractivity contribution >= 4 is 11.8 Å². The molecule has 1 aliphatic heterocycles. The summed E-state index contributed by atoms with van der Waals surface area (Å²) in [5.74, 6) is -0.208. The van der Waals surface area contributed by atoms with Gasteiger partial charge in [-0.05, 0) is 19.3 Å². The molecule has 1 saturated heterocycles. The van der Waals surface area contributed by atoms with Gasteiger partial charge in [-0.15, -0.1) is 0 Å². The summed E-state index contributed by atoms with van der Waals surface area (Å²) in [6.45, 7) is 4.53. The lowest BCUT2D eigenvalue weighted by Gasteiger charge is -2.30. The van der Waals surface area contributed by atoms with Crippen molar-refractivity contribution in [2.24, 2.45) is 5.41 Å². The number of carbonyl (C=O) groups excluding carboxylic acids is 2. The molecule has 5 heteroatoms. The number of aliphatic hydroxyl groups excluding tert-OH is 1. The molecule has 0 aromatic rings. The average molecular weight is 242 g/mol. The van der Waals surface area contributed by atoms with Crippen molar-refractivity contribution in [1.29, 1.82) is 0 Å². The van der Waals surface area contributed by atoms with Gasteiger partial charge in [0.05, 0.1) is 6.61 Å². The summed E-state index contributed by atoms with van der Waals surface area (Å²) in [6, 6.07) is -0.396. The molecule has 0 unspecified atom stereocenters. The van der Waals surface area contributed by atoms with Crippen molar-refractivity contribution in [3.63, 3.8) is 0 Å². The van der Waals surface area contributed by atoms with Gasteiger partial charge in [0, 0.05) is 18.4 Å². The van der Waals surface area contributed by atoms with Gasteiger partial charge in [0.1, 0.15) is 6.04 Å². The quantitative estimate of drug-likeness (QED) is 0.621. The Bertz CT molecular complexity index is 279. The van der Waals surface area contributed by atoms with Gasteiger partial charge in [-0.25, -0.2) is 0 Å². The van der Waals surface area contributed by atoms with Crippen molar-refractivity contribution in [3.8, 4) is 0 Å². The number of rotatable bonds is 6. The topological polar surface area (TPSA) is 78.4 Å². The molecule has 0 aromatic heterocycles. The van der Waals surface area contributed by atoms with Gasteiger partial charge in [0.2, 0.25) is 11.8 Å². The maximum absolute atomic E-state index is 11.8. The molecule has 0 radical (unpaired) electrons. The molecule has 0 aromatic carbocycles. The number of hydrogen-bond donors (Lipinski definition) is 3. The van der Waals surface area contributed by atoms with Crippen molar-refractivity contribution in [2.75, 3.05) is 13.2 Å². The summed E-state index contributed by atoms with van der Waals surface area (Å²) in [7, 11) is 0. The first-order valence-corrected chi connectivity index (χ1v) is 6.25. The number of hydrogen-bond acceptors (Lipinski definition) is 3. The van der Waals surface area contributed by atoms with Crippen LogP contribution < -0.4 is 10.6 Å². The Morgan fingerprint density at radius 3 is 2.59 bits per heavy atom. The number of carbonyl (C=O) groups is 2. The predicted molar refractivity (Wildman–Crippen MR) is 64.3 cm³/mol. The number of amides is 2. The van der Waals surface area contributed by atoms with Crippen LogP contribution >= 0.6 is 0 Å². The van der Waals surface area contributed by atoms with E-state index >= 15 is 0 Å². The maximum Gasteiger partial charge on any atom is 0.242 e. The molecule has 98 valence electrons. The second-order valence-corrected chi connectivity index (χ2v) is 4.74. The summed E-state index contributed by atoms with van der Waals surface area (Å²) in [5.41, 5.74) is -0.238. The fraction of sp³-hybridized carbons (Fsp3) is 0.833. The third kappa shape index (κ3) is 3.43. The van der Waals surface area contributed by atoms with E-state index < -0.39 is 6.04 Å². The standard InChI is InChI=1S/C12H22N2O3/c1-3-12(4-2,8-15)7-13-11(17)9-5-6-10(16)14-9/h9,15H,3-8H2,1-2H3,(H,13,17)(H,14,16)/t9-/m1/s1. The van der Waals surface area contributed by atoms with E-state index in [2.05, 4.69) is 10.6 Å². The Balaban J connectivity index is 2.44. The molecule has 0 spiro atoms. The summed E-state index contributed by atoms with van der Waals surface area (Å²) < 4.78 is 0. The number of nitrogens with one attached hydrogen (secondary N) is 2. The van der Waals surface area contributed by atoms with Crippen molar-refractivity contribution < 1.29 is 14.7 Å². The molecule has 1 atom stereocenters. The first-order valence-electron chi connectivity index (χ1n) is 6.25. The minimum Gasteiger partial charge on any atom is -0.396 e. The third-order valence-electron chi connectivity index (χ3n) is 3.78. The molecule has 1 heterocycles. The zero-order chi connectivity index (χ0) is 12.9. The van der Waals surface area contributed by atoms with Gasteiger partial charge in [-0.1, -0.05) is 13.8 Å². The van der Waals surface area contributed by atoms with E-state index in [4.69, 9.17) is 0 Å². The SMILES string of the molecule is CCC(CC)(CO)CNC(=O)[C@H]1CCC(=O)N1. The minimum absolute atomic E-state index is 0.0652. The van der Waals surface area contributed by atoms with Gasteiger partial charge in [0.25, 0.3) is 0 Å². The number of aliphatic hydroxyl groups is 1. The Kier molecular flexibility index (Phi) is 4.93. The summed E-state index contributed by atoms with van der Waals surface area (Å²) in [5, 5.41) is 14.8. The van der Waals surface area contributed by atoms with Gasteiger partial charge in [-0.2, -0.15) is 0 Å². The molecular formula is C12H22N2O3. The van der Waals surface area contributed by atoms with Gasteiger partial charge < -0.3 is 15.7 Å². The molecule has 1 aliphatic rings. The highest BCUT2D eigenvalue weighted by atomic mass is 16.3. The molecule has 5 nitrogen and oxygen atoms in total. The van der Waals surface area contributed by atoms with E-state index in [0.717, 1.165) is 12.8 Å². The average Bonchev–Trinajstić information content (AvgIpc) is 2.78. The molecular weight excluding hydrogens is 220 g/mol. The third-order valence-corrected chi connectivity index (χ3v) is 3.78. The van der Waals surface area contributed by atoms with Gasteiger partial charge >= 0.3 is 0 Å². The van der Waals surface area contributed by atoms with Crippen molar-refractivity contribution in [2.45, 2.75) is 45.6 Å². The van der Waals surface area contributed by atoms with Crippen molar-refractivity contribution in [1.82, 2.24) is 10.6 Å². The summed E-state index contributed by atoms with van der Waals surface area (Å²) >= 11 is 0. The first kappa shape index (κ1) is 14.0. The molecule has 3 N–H and O–H groups in total. The molecule has 17 heavy (non-hydrogen) atoms. The fourth-order valence-electron chi connectivity index (χ4n) is 1.99. The van der Waals surface area contributed by atoms with Crippen LogP contribution in [0.2, 0.25) is 0 Å². The summed E-state index contributed by atoms with van der Waals surface area (Å²) in [4.78, 5) is 22.8. The van der Waals surface area contributed by atoms with E-state index in [1.807, 2.05) is 13.8 Å². The molecule has 0 bridgehead atoms. The molecule has 1 fully saturated rings. The fourth-order valence-corrected chi connectivity index (χ4v) is 1.99. The normalized spacial score (nSPS) is 20.2. The maximum atomic E-state index is 11.8. The Labute approximate surface area is 102 Å².